The first kappa shape index (κ1) is 15.0. The van der Waals surface area contributed by atoms with Gasteiger partial charge < -0.3 is 10.4 Å². The predicted octanol–water partition coefficient (Wildman–Crippen LogP) is 1.72. The van der Waals surface area contributed by atoms with Crippen molar-refractivity contribution in [1.29, 1.82) is 0 Å². The molecule has 1 aromatic rings. The van der Waals surface area contributed by atoms with Gasteiger partial charge in [-0.3, -0.25) is 14.5 Å². The van der Waals surface area contributed by atoms with Gasteiger partial charge in [-0.2, -0.15) is 0 Å². The molecule has 2 rings (SSSR count). The Morgan fingerprint density at radius 2 is 2.20 bits per heavy atom. The van der Waals surface area contributed by atoms with Crippen LogP contribution in [0.1, 0.15) is 35.0 Å². The molecule has 0 saturated heterocycles. The predicted molar refractivity (Wildman–Crippen MR) is 78.2 cm³/mol. The number of aliphatic carboxylic acids is 1. The molecular weight excluding hydrogens is 276 g/mol. The Morgan fingerprint density at radius 1 is 1.50 bits per heavy atom. The molecule has 110 valence electrons. The molecular formula is C14H20N2O3S. The number of thiophene rings is 1. The van der Waals surface area contributed by atoms with Crippen molar-refractivity contribution >= 4 is 23.2 Å². The molecule has 1 aliphatic carbocycles. The van der Waals surface area contributed by atoms with Crippen LogP contribution in [0.3, 0.4) is 0 Å². The lowest BCUT2D eigenvalue weighted by molar-refractivity contribution is -0.139. The van der Waals surface area contributed by atoms with Gasteiger partial charge >= 0.3 is 5.97 Å². The highest BCUT2D eigenvalue weighted by Gasteiger charge is 2.34. The van der Waals surface area contributed by atoms with Crippen molar-refractivity contribution in [3.63, 3.8) is 0 Å². The van der Waals surface area contributed by atoms with Gasteiger partial charge in [-0.25, -0.2) is 0 Å². The first-order chi connectivity index (χ1) is 9.51. The Balaban J connectivity index is 1.80. The quantitative estimate of drug-likeness (QED) is 0.838. The highest BCUT2D eigenvalue weighted by Crippen LogP contribution is 2.26. The third-order valence-corrected chi connectivity index (χ3v) is 4.79. The lowest BCUT2D eigenvalue weighted by Crippen LogP contribution is -2.54. The van der Waals surface area contributed by atoms with Gasteiger partial charge in [0.1, 0.15) is 0 Å². The zero-order valence-corrected chi connectivity index (χ0v) is 12.6. The monoisotopic (exact) mass is 296 g/mol. The Labute approximate surface area is 122 Å². The van der Waals surface area contributed by atoms with Gasteiger partial charge in [0, 0.05) is 12.1 Å². The molecule has 6 heteroatoms. The molecule has 1 heterocycles. The molecule has 20 heavy (non-hydrogen) atoms. The molecule has 1 aliphatic rings. The molecule has 1 fully saturated rings. The number of carbonyl (C=O) groups excluding carboxylic acids is 1. The number of rotatable bonds is 6. The molecule has 0 radical (unpaired) electrons. The van der Waals surface area contributed by atoms with Gasteiger partial charge in [0.05, 0.1) is 11.4 Å². The van der Waals surface area contributed by atoms with Gasteiger partial charge in [-0.05, 0) is 43.3 Å². The fraction of sp³-hybridized carbons (Fsp3) is 0.571. The Hall–Kier alpha value is -1.40. The van der Waals surface area contributed by atoms with Crippen LogP contribution in [0.5, 0.6) is 0 Å². The number of likely N-dealkylation sites (N-methyl/N-ethyl adjacent to an activating group) is 1. The van der Waals surface area contributed by atoms with Crippen molar-refractivity contribution in [3.05, 3.63) is 21.9 Å². The van der Waals surface area contributed by atoms with E-state index in [0.717, 1.165) is 29.8 Å². The summed E-state index contributed by atoms with van der Waals surface area (Å²) in [4.78, 5) is 25.5. The van der Waals surface area contributed by atoms with Gasteiger partial charge in [-0.1, -0.05) is 6.92 Å². The van der Waals surface area contributed by atoms with E-state index < -0.39 is 5.97 Å². The molecule has 0 aliphatic heterocycles. The summed E-state index contributed by atoms with van der Waals surface area (Å²) in [5.74, 6) is -0.809. The van der Waals surface area contributed by atoms with Crippen LogP contribution < -0.4 is 5.32 Å². The maximum absolute atomic E-state index is 12.0. The average Bonchev–Trinajstić information content (AvgIpc) is 2.76. The maximum Gasteiger partial charge on any atom is 0.317 e. The number of carboxylic acids is 1. The van der Waals surface area contributed by atoms with Crippen LogP contribution in [0.15, 0.2) is 11.4 Å². The lowest BCUT2D eigenvalue weighted by atomic mass is 9.85. The van der Waals surface area contributed by atoms with E-state index in [-0.39, 0.29) is 24.5 Å². The molecule has 1 amide bonds. The van der Waals surface area contributed by atoms with Crippen LogP contribution in [0.4, 0.5) is 0 Å². The smallest absolute Gasteiger partial charge is 0.317 e. The summed E-state index contributed by atoms with van der Waals surface area (Å²) in [6.45, 7) is 4.69. The van der Waals surface area contributed by atoms with E-state index in [1.165, 1.54) is 11.3 Å². The Kier molecular flexibility index (Phi) is 4.77. The first-order valence-electron chi connectivity index (χ1n) is 6.82. The minimum Gasteiger partial charge on any atom is -0.480 e. The molecule has 1 saturated carbocycles. The van der Waals surface area contributed by atoms with E-state index in [9.17, 15) is 9.59 Å². The maximum atomic E-state index is 12.0. The van der Waals surface area contributed by atoms with Crippen molar-refractivity contribution in [3.8, 4) is 0 Å². The molecule has 0 atom stereocenters. The summed E-state index contributed by atoms with van der Waals surface area (Å²) in [5, 5.41) is 13.8. The summed E-state index contributed by atoms with van der Waals surface area (Å²) in [6.07, 6.45) is 1.66. The van der Waals surface area contributed by atoms with E-state index in [2.05, 4.69) is 5.32 Å². The van der Waals surface area contributed by atoms with E-state index >= 15 is 0 Å². The van der Waals surface area contributed by atoms with Gasteiger partial charge in [0.2, 0.25) is 0 Å². The fourth-order valence-electron chi connectivity index (χ4n) is 2.53. The van der Waals surface area contributed by atoms with Crippen LogP contribution in [-0.2, 0) is 4.79 Å². The van der Waals surface area contributed by atoms with Gasteiger partial charge in [0.15, 0.2) is 0 Å². The van der Waals surface area contributed by atoms with Crippen molar-refractivity contribution in [2.24, 2.45) is 0 Å². The zero-order valence-electron chi connectivity index (χ0n) is 11.8. The van der Waals surface area contributed by atoms with E-state index in [1.54, 1.807) is 0 Å². The summed E-state index contributed by atoms with van der Waals surface area (Å²) in [5.41, 5.74) is 1.00. The summed E-state index contributed by atoms with van der Waals surface area (Å²) in [7, 11) is 0. The molecule has 5 nitrogen and oxygen atoms in total. The van der Waals surface area contributed by atoms with Crippen molar-refractivity contribution in [2.45, 2.75) is 38.8 Å². The third kappa shape index (κ3) is 3.37. The number of hydrogen-bond donors (Lipinski definition) is 2. The summed E-state index contributed by atoms with van der Waals surface area (Å²) >= 11 is 1.45. The highest BCUT2D eigenvalue weighted by molar-refractivity contribution is 7.12. The van der Waals surface area contributed by atoms with E-state index in [0.29, 0.717) is 0 Å². The van der Waals surface area contributed by atoms with Gasteiger partial charge in [0.25, 0.3) is 5.91 Å². The number of nitrogens with one attached hydrogen (secondary N) is 1. The minimum absolute atomic E-state index is 0.0118. The molecule has 0 aromatic carbocycles. The topological polar surface area (TPSA) is 69.6 Å². The van der Waals surface area contributed by atoms with Crippen LogP contribution in [0, 0.1) is 6.92 Å². The molecule has 1 aromatic heterocycles. The Morgan fingerprint density at radius 3 is 2.70 bits per heavy atom. The third-order valence-electron chi connectivity index (χ3n) is 3.78. The number of amides is 1. The second kappa shape index (κ2) is 6.37. The van der Waals surface area contributed by atoms with Crippen LogP contribution in [0.2, 0.25) is 0 Å². The summed E-state index contributed by atoms with van der Waals surface area (Å²) in [6, 6.07) is 2.37. The molecule has 0 spiro atoms. The number of hydrogen-bond acceptors (Lipinski definition) is 4. The van der Waals surface area contributed by atoms with Gasteiger partial charge in [-0.15, -0.1) is 11.3 Å². The molecule has 2 N–H and O–H groups in total. The van der Waals surface area contributed by atoms with Crippen molar-refractivity contribution in [2.75, 3.05) is 13.1 Å². The number of carbonyl (C=O) groups is 2. The minimum atomic E-state index is -0.798. The normalized spacial score (nSPS) is 21.6. The Bertz CT molecular complexity index is 494. The fourth-order valence-corrected chi connectivity index (χ4v) is 3.36. The number of aryl methyl sites for hydroxylation is 1. The van der Waals surface area contributed by atoms with Crippen LogP contribution >= 0.6 is 11.3 Å². The highest BCUT2D eigenvalue weighted by atomic mass is 32.1. The first-order valence-corrected chi connectivity index (χ1v) is 7.70. The SMILES string of the molecule is CCN(CC(=O)O)C1CC(NC(=O)c2sccc2C)C1. The molecule has 0 bridgehead atoms. The van der Waals surface area contributed by atoms with Crippen LogP contribution in [0.25, 0.3) is 0 Å². The van der Waals surface area contributed by atoms with E-state index in [1.807, 2.05) is 30.2 Å². The molecule has 0 unspecified atom stereocenters. The van der Waals surface area contributed by atoms with E-state index in [4.69, 9.17) is 5.11 Å². The second-order valence-corrected chi connectivity index (χ2v) is 6.10. The number of nitrogens with zero attached hydrogens (tertiary/aromatic N) is 1. The standard InChI is InChI=1S/C14H20N2O3S/c1-3-16(8-12(17)18)11-6-10(7-11)15-14(19)13-9(2)4-5-20-13/h4-5,10-11H,3,6-8H2,1-2H3,(H,15,19)(H,17,18). The number of carboxylic acid groups (broad SMARTS) is 1. The van der Waals surface area contributed by atoms with Crippen LogP contribution in [-0.4, -0.2) is 47.1 Å². The second-order valence-electron chi connectivity index (χ2n) is 5.19. The van der Waals surface area contributed by atoms with Crippen molar-refractivity contribution in [1.82, 2.24) is 10.2 Å². The summed E-state index contributed by atoms with van der Waals surface area (Å²) < 4.78 is 0. The zero-order chi connectivity index (χ0) is 14.7. The van der Waals surface area contributed by atoms with Crippen molar-refractivity contribution < 1.29 is 14.7 Å². The lowest BCUT2D eigenvalue weighted by Gasteiger charge is -2.42. The largest absolute Gasteiger partial charge is 0.480 e. The average molecular weight is 296 g/mol.